The van der Waals surface area contributed by atoms with E-state index in [1.807, 2.05) is 6.07 Å². The highest BCUT2D eigenvalue weighted by molar-refractivity contribution is 9.10. The Morgan fingerprint density at radius 1 is 1.10 bits per heavy atom. The molecular formula is C12H11BrClN3O2S. The van der Waals surface area contributed by atoms with Gasteiger partial charge in [0.1, 0.15) is 0 Å². The number of nitrogens with two attached hydrogens (primary N) is 2. The van der Waals surface area contributed by atoms with E-state index in [4.69, 9.17) is 22.5 Å². The molecule has 0 spiro atoms. The van der Waals surface area contributed by atoms with Gasteiger partial charge in [-0.2, -0.15) is 0 Å². The van der Waals surface area contributed by atoms with E-state index in [-0.39, 0.29) is 10.6 Å². The molecule has 0 amide bonds. The van der Waals surface area contributed by atoms with E-state index < -0.39 is 10.0 Å². The largest absolute Gasteiger partial charge is 0.397 e. The molecular weight excluding hydrogens is 366 g/mol. The van der Waals surface area contributed by atoms with E-state index in [0.717, 1.165) is 4.47 Å². The van der Waals surface area contributed by atoms with Gasteiger partial charge in [-0.05, 0) is 36.4 Å². The van der Waals surface area contributed by atoms with Crippen molar-refractivity contribution in [2.24, 2.45) is 5.14 Å². The third-order valence-electron chi connectivity index (χ3n) is 2.55. The zero-order valence-corrected chi connectivity index (χ0v) is 13.3. The Morgan fingerprint density at radius 3 is 2.30 bits per heavy atom. The number of halogens is 2. The summed E-state index contributed by atoms with van der Waals surface area (Å²) in [6.45, 7) is 0. The number of hydrogen-bond donors (Lipinski definition) is 3. The van der Waals surface area contributed by atoms with Gasteiger partial charge in [0.25, 0.3) is 0 Å². The van der Waals surface area contributed by atoms with Crippen molar-refractivity contribution in [1.82, 2.24) is 0 Å². The molecule has 0 unspecified atom stereocenters. The number of benzene rings is 2. The Morgan fingerprint density at radius 2 is 1.75 bits per heavy atom. The van der Waals surface area contributed by atoms with Crippen LogP contribution in [0.2, 0.25) is 5.02 Å². The van der Waals surface area contributed by atoms with Crippen LogP contribution in [0.1, 0.15) is 0 Å². The van der Waals surface area contributed by atoms with Crippen LogP contribution in [0.5, 0.6) is 0 Å². The first-order chi connectivity index (χ1) is 9.27. The smallest absolute Gasteiger partial charge is 0.238 e. The minimum Gasteiger partial charge on any atom is -0.397 e. The van der Waals surface area contributed by atoms with Crippen molar-refractivity contribution in [1.29, 1.82) is 0 Å². The second-order valence-electron chi connectivity index (χ2n) is 4.04. The van der Waals surface area contributed by atoms with Crippen LogP contribution in [0.15, 0.2) is 45.8 Å². The van der Waals surface area contributed by atoms with E-state index in [1.54, 1.807) is 12.1 Å². The van der Waals surface area contributed by atoms with Gasteiger partial charge >= 0.3 is 0 Å². The molecule has 0 aromatic heterocycles. The van der Waals surface area contributed by atoms with E-state index >= 15 is 0 Å². The van der Waals surface area contributed by atoms with Crippen molar-refractivity contribution in [2.45, 2.75) is 4.90 Å². The minimum absolute atomic E-state index is 0.0394. The van der Waals surface area contributed by atoms with Gasteiger partial charge in [-0.1, -0.05) is 27.5 Å². The van der Waals surface area contributed by atoms with Gasteiger partial charge < -0.3 is 11.1 Å². The summed E-state index contributed by atoms with van der Waals surface area (Å²) in [7, 11) is -3.77. The Balaban J connectivity index is 2.35. The summed E-state index contributed by atoms with van der Waals surface area (Å²) in [6, 6.07) is 9.54. The van der Waals surface area contributed by atoms with Gasteiger partial charge in [0.2, 0.25) is 10.0 Å². The Kier molecular flexibility index (Phi) is 4.24. The Hall–Kier alpha value is -1.28. The van der Waals surface area contributed by atoms with Gasteiger partial charge in [0.15, 0.2) is 0 Å². The molecule has 0 radical (unpaired) electrons. The predicted molar refractivity (Wildman–Crippen MR) is 84.7 cm³/mol. The summed E-state index contributed by atoms with van der Waals surface area (Å²) >= 11 is 9.40. The number of hydrogen-bond acceptors (Lipinski definition) is 4. The van der Waals surface area contributed by atoms with E-state index in [9.17, 15) is 8.42 Å². The van der Waals surface area contributed by atoms with Crippen LogP contribution in [0, 0.1) is 0 Å². The van der Waals surface area contributed by atoms with Gasteiger partial charge in [0.05, 0.1) is 27.0 Å². The Labute approximate surface area is 130 Å². The first-order valence-corrected chi connectivity index (χ1v) is 8.13. The summed E-state index contributed by atoms with van der Waals surface area (Å²) in [4.78, 5) is -0.0394. The second kappa shape index (κ2) is 5.61. The van der Waals surface area contributed by atoms with Gasteiger partial charge in [-0.15, -0.1) is 0 Å². The van der Waals surface area contributed by atoms with Crippen LogP contribution >= 0.6 is 27.5 Å². The molecule has 0 heterocycles. The van der Waals surface area contributed by atoms with Crippen molar-refractivity contribution in [2.75, 3.05) is 11.1 Å². The lowest BCUT2D eigenvalue weighted by molar-refractivity contribution is 0.598. The molecule has 5 nitrogen and oxygen atoms in total. The summed E-state index contributed by atoms with van der Waals surface area (Å²) in [6.07, 6.45) is 0. The fraction of sp³-hybridized carbons (Fsp3) is 0. The molecule has 8 heteroatoms. The number of nitrogen functional groups attached to an aromatic ring is 1. The zero-order chi connectivity index (χ0) is 14.9. The molecule has 2 aromatic carbocycles. The molecule has 20 heavy (non-hydrogen) atoms. The van der Waals surface area contributed by atoms with Crippen LogP contribution in [0.4, 0.5) is 17.1 Å². The summed E-state index contributed by atoms with van der Waals surface area (Å²) < 4.78 is 23.3. The average molecular weight is 377 g/mol. The molecule has 0 saturated heterocycles. The van der Waals surface area contributed by atoms with E-state index in [1.165, 1.54) is 18.2 Å². The molecule has 106 valence electrons. The highest BCUT2D eigenvalue weighted by atomic mass is 79.9. The molecule has 0 fully saturated rings. The SMILES string of the molecule is Nc1cc(S(N)(=O)=O)ccc1Nc1ccc(Br)cc1Cl. The summed E-state index contributed by atoms with van der Waals surface area (Å²) in [5.74, 6) is 0. The lowest BCUT2D eigenvalue weighted by atomic mass is 10.2. The van der Waals surface area contributed by atoms with Crippen molar-refractivity contribution in [3.63, 3.8) is 0 Å². The minimum atomic E-state index is -3.77. The lowest BCUT2D eigenvalue weighted by Gasteiger charge is -2.12. The van der Waals surface area contributed by atoms with Gasteiger partial charge in [-0.3, -0.25) is 0 Å². The number of primary sulfonamides is 1. The number of anilines is 3. The lowest BCUT2D eigenvalue weighted by Crippen LogP contribution is -2.12. The molecule has 0 atom stereocenters. The predicted octanol–water partition coefficient (Wildman–Crippen LogP) is 3.08. The van der Waals surface area contributed by atoms with E-state index in [0.29, 0.717) is 16.4 Å². The molecule has 0 aliphatic heterocycles. The van der Waals surface area contributed by atoms with Crippen molar-refractivity contribution in [3.05, 3.63) is 45.9 Å². The number of rotatable bonds is 3. The fourth-order valence-electron chi connectivity index (χ4n) is 1.57. The number of nitrogens with one attached hydrogen (secondary N) is 1. The standard InChI is InChI=1S/C12H11BrClN3O2S/c13-7-1-3-11(9(14)5-7)17-12-4-2-8(6-10(12)15)20(16,18)19/h1-6,17H,15H2,(H2,16,18,19). The first kappa shape index (κ1) is 15.1. The van der Waals surface area contributed by atoms with Crippen molar-refractivity contribution < 1.29 is 8.42 Å². The molecule has 5 N–H and O–H groups in total. The average Bonchev–Trinajstić information content (AvgIpc) is 2.33. The van der Waals surface area contributed by atoms with Crippen molar-refractivity contribution in [3.8, 4) is 0 Å². The summed E-state index contributed by atoms with van der Waals surface area (Å²) in [5, 5.41) is 8.58. The van der Waals surface area contributed by atoms with Crippen LogP contribution in [-0.2, 0) is 10.0 Å². The molecule has 2 rings (SSSR count). The molecule has 0 saturated carbocycles. The topological polar surface area (TPSA) is 98.2 Å². The van der Waals surface area contributed by atoms with Crippen LogP contribution in [0.25, 0.3) is 0 Å². The number of sulfonamides is 1. The first-order valence-electron chi connectivity index (χ1n) is 5.42. The third kappa shape index (κ3) is 3.43. The van der Waals surface area contributed by atoms with Crippen LogP contribution in [0.3, 0.4) is 0 Å². The maximum absolute atomic E-state index is 11.2. The maximum Gasteiger partial charge on any atom is 0.238 e. The summed E-state index contributed by atoms with van der Waals surface area (Å²) in [5.41, 5.74) is 7.27. The monoisotopic (exact) mass is 375 g/mol. The Bertz CT molecular complexity index is 765. The fourth-order valence-corrected chi connectivity index (χ4v) is 2.84. The zero-order valence-electron chi connectivity index (χ0n) is 10.1. The highest BCUT2D eigenvalue weighted by Gasteiger charge is 2.11. The third-order valence-corrected chi connectivity index (χ3v) is 4.27. The maximum atomic E-state index is 11.2. The highest BCUT2D eigenvalue weighted by Crippen LogP contribution is 2.31. The second-order valence-corrected chi connectivity index (χ2v) is 6.93. The molecule has 2 aromatic rings. The normalized spacial score (nSPS) is 11.3. The molecule has 0 aliphatic rings. The quantitative estimate of drug-likeness (QED) is 0.717. The van der Waals surface area contributed by atoms with Gasteiger partial charge in [0, 0.05) is 4.47 Å². The molecule has 0 aliphatic carbocycles. The molecule has 0 bridgehead atoms. The van der Waals surface area contributed by atoms with Crippen LogP contribution < -0.4 is 16.2 Å². The van der Waals surface area contributed by atoms with Gasteiger partial charge in [-0.25, -0.2) is 13.6 Å². The van der Waals surface area contributed by atoms with Crippen LogP contribution in [-0.4, -0.2) is 8.42 Å². The van der Waals surface area contributed by atoms with E-state index in [2.05, 4.69) is 21.2 Å². The van der Waals surface area contributed by atoms with Crippen molar-refractivity contribution >= 4 is 54.6 Å².